The number of hydrogen-bond donors (Lipinski definition) is 3. The second-order valence-corrected chi connectivity index (χ2v) is 8.67. The maximum absolute atomic E-state index is 12.7. The summed E-state index contributed by atoms with van der Waals surface area (Å²) >= 11 is 0. The summed E-state index contributed by atoms with van der Waals surface area (Å²) in [5.74, 6) is 0.0769. The summed E-state index contributed by atoms with van der Waals surface area (Å²) in [6, 6.07) is 4.36. The van der Waals surface area contributed by atoms with Crippen molar-refractivity contribution in [1.29, 1.82) is 0 Å². The van der Waals surface area contributed by atoms with Crippen molar-refractivity contribution >= 4 is 38.0 Å². The molecule has 162 valence electrons. The molecule has 3 aromatic rings. The van der Waals surface area contributed by atoms with Crippen LogP contribution in [0.25, 0.3) is 21.8 Å². The minimum Gasteiger partial charge on any atom is -0.434 e. The fraction of sp³-hybridized carbons (Fsp3) is 0.368. The number of carbonyl (C=O) groups excluding carboxylic acids is 1. The number of hydrogen-bond acceptors (Lipinski definition) is 7. The van der Waals surface area contributed by atoms with E-state index in [1.54, 1.807) is 6.92 Å². The number of nitrogens with zero attached hydrogens (tertiary/aromatic N) is 1. The molecule has 2 aromatic heterocycles. The normalized spacial score (nSPS) is 12.0. The molecule has 0 aliphatic heterocycles. The number of nitrogens with one attached hydrogen (secondary N) is 3. The van der Waals surface area contributed by atoms with E-state index in [-0.39, 0.29) is 22.8 Å². The lowest BCUT2D eigenvalue weighted by molar-refractivity contribution is 0.105. The monoisotopic (exact) mass is 436 g/mol. The highest BCUT2D eigenvalue weighted by molar-refractivity contribution is 7.89. The number of sulfonamides is 1. The minimum absolute atomic E-state index is 0.0384. The van der Waals surface area contributed by atoms with Crippen LogP contribution in [-0.2, 0) is 14.8 Å². The molecule has 1 aromatic carbocycles. The van der Waals surface area contributed by atoms with E-state index >= 15 is 0 Å². The number of aromatic nitrogens is 2. The van der Waals surface area contributed by atoms with Gasteiger partial charge in [-0.2, -0.15) is 0 Å². The Hall–Kier alpha value is -2.89. The van der Waals surface area contributed by atoms with Gasteiger partial charge in [0.15, 0.2) is 5.75 Å². The van der Waals surface area contributed by atoms with E-state index < -0.39 is 21.7 Å². The fourth-order valence-electron chi connectivity index (χ4n) is 3.05. The van der Waals surface area contributed by atoms with Gasteiger partial charge in [-0.05, 0) is 52.2 Å². The van der Waals surface area contributed by atoms with Crippen molar-refractivity contribution in [1.82, 2.24) is 19.6 Å². The van der Waals surface area contributed by atoms with Crippen LogP contribution in [0.1, 0.15) is 13.3 Å². The average Bonchev–Trinajstić information content (AvgIpc) is 3.09. The average molecular weight is 436 g/mol. The smallest absolute Gasteiger partial charge is 0.434 e. The molecule has 11 heteroatoms. The summed E-state index contributed by atoms with van der Waals surface area (Å²) in [4.78, 5) is 31.5. The Morgan fingerprint density at radius 2 is 2.03 bits per heavy atom. The van der Waals surface area contributed by atoms with E-state index in [0.717, 1.165) is 6.54 Å². The number of benzene rings is 1. The first-order valence-electron chi connectivity index (χ1n) is 9.39. The predicted octanol–water partition coefficient (Wildman–Crippen LogP) is 1.77. The van der Waals surface area contributed by atoms with Crippen LogP contribution in [0.4, 0.5) is 4.79 Å². The van der Waals surface area contributed by atoms with Gasteiger partial charge in [0.2, 0.25) is 10.0 Å². The van der Waals surface area contributed by atoms with Crippen LogP contribution in [0.15, 0.2) is 34.1 Å². The van der Waals surface area contributed by atoms with Crippen LogP contribution < -0.4 is 15.0 Å². The SMILES string of the molecule is CCOC(=O)Oc1c[nH]c2c(=O)[nH]c3ccc(S(=O)(=O)NCCCN(C)C)cc3c12. The summed E-state index contributed by atoms with van der Waals surface area (Å²) in [5.41, 5.74) is 0.149. The number of pyridine rings is 1. The maximum Gasteiger partial charge on any atom is 0.513 e. The second-order valence-electron chi connectivity index (χ2n) is 6.90. The third-order valence-electron chi connectivity index (χ3n) is 4.42. The quantitative estimate of drug-likeness (QED) is 0.362. The number of fused-ring (bicyclic) bond motifs is 3. The molecule has 0 saturated carbocycles. The van der Waals surface area contributed by atoms with Crippen LogP contribution in [0.5, 0.6) is 5.75 Å². The Balaban J connectivity index is 2.02. The highest BCUT2D eigenvalue weighted by Crippen LogP contribution is 2.31. The van der Waals surface area contributed by atoms with Crippen molar-refractivity contribution < 1.29 is 22.7 Å². The minimum atomic E-state index is -3.76. The molecule has 0 saturated heterocycles. The van der Waals surface area contributed by atoms with Crippen molar-refractivity contribution in [3.05, 3.63) is 34.7 Å². The molecule has 0 spiro atoms. The molecule has 0 bridgehead atoms. The number of carbonyl (C=O) groups is 1. The zero-order valence-corrected chi connectivity index (χ0v) is 17.8. The molecular formula is C19H24N4O6S. The molecule has 3 N–H and O–H groups in total. The summed E-state index contributed by atoms with van der Waals surface area (Å²) in [6.45, 7) is 2.81. The van der Waals surface area contributed by atoms with Gasteiger partial charge in [-0.15, -0.1) is 0 Å². The molecule has 3 rings (SSSR count). The Bertz CT molecular complexity index is 1230. The Morgan fingerprint density at radius 3 is 2.73 bits per heavy atom. The first kappa shape index (κ1) is 21.8. The number of rotatable bonds is 8. The van der Waals surface area contributed by atoms with Crippen molar-refractivity contribution in [2.24, 2.45) is 0 Å². The van der Waals surface area contributed by atoms with Gasteiger partial charge >= 0.3 is 6.16 Å². The van der Waals surface area contributed by atoms with E-state index in [4.69, 9.17) is 9.47 Å². The topological polar surface area (TPSA) is 134 Å². The summed E-state index contributed by atoms with van der Waals surface area (Å²) in [7, 11) is 0.0675. The van der Waals surface area contributed by atoms with E-state index in [9.17, 15) is 18.0 Å². The van der Waals surface area contributed by atoms with E-state index in [1.807, 2.05) is 19.0 Å². The number of aromatic amines is 2. The Kier molecular flexibility index (Phi) is 6.44. The van der Waals surface area contributed by atoms with Crippen molar-refractivity contribution in [3.63, 3.8) is 0 Å². The molecule has 30 heavy (non-hydrogen) atoms. The van der Waals surface area contributed by atoms with Crippen LogP contribution in [-0.4, -0.2) is 63.2 Å². The second kappa shape index (κ2) is 8.86. The fourth-order valence-corrected chi connectivity index (χ4v) is 4.15. The van der Waals surface area contributed by atoms with Gasteiger partial charge < -0.3 is 24.3 Å². The van der Waals surface area contributed by atoms with Crippen LogP contribution in [0.2, 0.25) is 0 Å². The van der Waals surface area contributed by atoms with E-state index in [2.05, 4.69) is 14.7 Å². The molecule has 0 aliphatic carbocycles. The van der Waals surface area contributed by atoms with E-state index in [0.29, 0.717) is 29.3 Å². The van der Waals surface area contributed by atoms with Gasteiger partial charge in [0, 0.05) is 23.6 Å². The molecule has 0 unspecified atom stereocenters. The maximum atomic E-state index is 12.7. The zero-order valence-electron chi connectivity index (χ0n) is 16.9. The third kappa shape index (κ3) is 4.64. The largest absolute Gasteiger partial charge is 0.513 e. The molecule has 0 radical (unpaired) electrons. The predicted molar refractivity (Wildman–Crippen MR) is 112 cm³/mol. The van der Waals surface area contributed by atoms with Crippen molar-refractivity contribution in [3.8, 4) is 5.75 Å². The van der Waals surface area contributed by atoms with Gasteiger partial charge in [0.05, 0.1) is 16.9 Å². The highest BCUT2D eigenvalue weighted by Gasteiger charge is 2.19. The first-order chi connectivity index (χ1) is 14.2. The van der Waals surface area contributed by atoms with Crippen molar-refractivity contribution in [2.75, 3.05) is 33.8 Å². The number of H-pyrrole nitrogens is 2. The molecule has 0 atom stereocenters. The van der Waals surface area contributed by atoms with Gasteiger partial charge in [0.1, 0.15) is 5.52 Å². The molecular weight excluding hydrogens is 412 g/mol. The summed E-state index contributed by atoms with van der Waals surface area (Å²) in [6.07, 6.45) is 1.10. The molecule has 0 fully saturated rings. The van der Waals surface area contributed by atoms with E-state index in [1.165, 1.54) is 24.4 Å². The van der Waals surface area contributed by atoms with Crippen molar-refractivity contribution in [2.45, 2.75) is 18.2 Å². The zero-order chi connectivity index (χ0) is 21.9. The molecule has 2 heterocycles. The lowest BCUT2D eigenvalue weighted by atomic mass is 10.1. The molecule has 0 amide bonds. The number of ether oxygens (including phenoxy) is 2. The first-order valence-corrected chi connectivity index (χ1v) is 10.9. The van der Waals surface area contributed by atoms with Crippen LogP contribution in [0.3, 0.4) is 0 Å². The van der Waals surface area contributed by atoms with Gasteiger partial charge in [0.25, 0.3) is 5.56 Å². The Labute approximate surface area is 173 Å². The van der Waals surface area contributed by atoms with Gasteiger partial charge in [-0.3, -0.25) is 4.79 Å². The summed E-state index contributed by atoms with van der Waals surface area (Å²) in [5, 5.41) is 0.716. The standard InChI is InChI=1S/C19H24N4O6S/c1-4-28-19(25)29-15-11-20-17-16(15)13-10-12(6-7-14(13)22-18(17)24)30(26,27)21-8-5-9-23(2)3/h6-7,10-11,20-21H,4-5,8-9H2,1-3H3,(H,22,24). The molecule has 10 nitrogen and oxygen atoms in total. The van der Waals surface area contributed by atoms with Gasteiger partial charge in [-0.25, -0.2) is 17.9 Å². The lowest BCUT2D eigenvalue weighted by Gasteiger charge is -2.11. The van der Waals surface area contributed by atoms with Crippen LogP contribution >= 0.6 is 0 Å². The molecule has 0 aliphatic rings. The highest BCUT2D eigenvalue weighted by atomic mass is 32.2. The third-order valence-corrected chi connectivity index (χ3v) is 5.88. The summed E-state index contributed by atoms with van der Waals surface area (Å²) < 4.78 is 37.9. The lowest BCUT2D eigenvalue weighted by Crippen LogP contribution is -2.27. The Morgan fingerprint density at radius 1 is 1.27 bits per heavy atom. The van der Waals surface area contributed by atoms with Gasteiger partial charge in [-0.1, -0.05) is 0 Å². The van der Waals surface area contributed by atoms with Crippen LogP contribution in [0, 0.1) is 0 Å².